The molecule has 2 aromatic heterocycles. The predicted octanol–water partition coefficient (Wildman–Crippen LogP) is 0.532. The molecule has 0 saturated heterocycles. The van der Waals surface area contributed by atoms with Crippen LogP contribution >= 0.6 is 0 Å². The van der Waals surface area contributed by atoms with Crippen LogP contribution in [0.15, 0.2) is 28.9 Å². The van der Waals surface area contributed by atoms with Gasteiger partial charge in [0.15, 0.2) is 0 Å². The van der Waals surface area contributed by atoms with Crippen molar-refractivity contribution < 1.29 is 19.1 Å². The Morgan fingerprint density at radius 3 is 2.90 bits per heavy atom. The first-order valence-corrected chi connectivity index (χ1v) is 5.87. The maximum atomic E-state index is 11.2. The van der Waals surface area contributed by atoms with E-state index in [1.807, 2.05) is 0 Å². The molecule has 0 aliphatic rings. The van der Waals surface area contributed by atoms with E-state index in [0.29, 0.717) is 18.0 Å². The molecule has 0 fully saturated rings. The lowest BCUT2D eigenvalue weighted by atomic mass is 10.4. The van der Waals surface area contributed by atoms with Gasteiger partial charge in [0.1, 0.15) is 12.3 Å². The summed E-state index contributed by atoms with van der Waals surface area (Å²) in [6, 6.07) is 2.99. The zero-order valence-corrected chi connectivity index (χ0v) is 10.8. The highest BCUT2D eigenvalue weighted by atomic mass is 16.4. The van der Waals surface area contributed by atoms with Gasteiger partial charge in [-0.05, 0) is 12.1 Å². The molecule has 0 saturated carbocycles. The van der Waals surface area contributed by atoms with E-state index in [0.717, 1.165) is 0 Å². The summed E-state index contributed by atoms with van der Waals surface area (Å²) in [5, 5.41) is 18.3. The van der Waals surface area contributed by atoms with Gasteiger partial charge in [0, 0.05) is 13.2 Å². The van der Waals surface area contributed by atoms with Crippen molar-refractivity contribution in [3.63, 3.8) is 0 Å². The molecule has 2 aromatic rings. The van der Waals surface area contributed by atoms with Crippen LogP contribution in [0.3, 0.4) is 0 Å². The summed E-state index contributed by atoms with van der Waals surface area (Å²) >= 11 is 0. The van der Waals surface area contributed by atoms with Crippen molar-refractivity contribution in [2.75, 3.05) is 12.4 Å². The summed E-state index contributed by atoms with van der Waals surface area (Å²) in [6.07, 6.45) is 3.25. The molecule has 0 aromatic carbocycles. The first-order valence-electron chi connectivity index (χ1n) is 5.87. The van der Waals surface area contributed by atoms with Gasteiger partial charge in [-0.25, -0.2) is 4.79 Å². The second kappa shape index (κ2) is 5.91. The number of aromatic carboxylic acids is 1. The van der Waals surface area contributed by atoms with E-state index in [1.165, 1.54) is 10.7 Å². The zero-order valence-electron chi connectivity index (χ0n) is 10.8. The molecule has 0 aliphatic heterocycles. The minimum Gasteiger partial charge on any atom is -0.475 e. The Bertz CT molecular complexity index is 617. The number of nitrogens with zero attached hydrogens (tertiary/aromatic N) is 2. The fourth-order valence-electron chi connectivity index (χ4n) is 1.54. The molecule has 0 aliphatic carbocycles. The van der Waals surface area contributed by atoms with Gasteiger partial charge >= 0.3 is 5.97 Å². The Morgan fingerprint density at radius 2 is 2.25 bits per heavy atom. The predicted molar refractivity (Wildman–Crippen MR) is 69.3 cm³/mol. The fraction of sp³-hybridized carbons (Fsp3) is 0.250. The number of furan rings is 1. The summed E-state index contributed by atoms with van der Waals surface area (Å²) in [6.45, 7) is 0.473. The Balaban J connectivity index is 1.90. The number of likely N-dealkylation sites (N-methyl/N-ethyl adjacent to an activating group) is 1. The average molecular weight is 278 g/mol. The molecule has 0 unspecified atom stereocenters. The molecular weight excluding hydrogens is 264 g/mol. The quantitative estimate of drug-likeness (QED) is 0.711. The van der Waals surface area contributed by atoms with Crippen LogP contribution in [0.4, 0.5) is 5.69 Å². The maximum absolute atomic E-state index is 11.2. The lowest BCUT2D eigenvalue weighted by Crippen LogP contribution is -2.23. The van der Waals surface area contributed by atoms with Gasteiger partial charge in [-0.15, -0.1) is 0 Å². The summed E-state index contributed by atoms with van der Waals surface area (Å²) in [5.41, 5.74) is 0.710. The van der Waals surface area contributed by atoms with Gasteiger partial charge in [0.2, 0.25) is 11.7 Å². The Labute approximate surface area is 114 Å². The maximum Gasteiger partial charge on any atom is 0.371 e. The molecule has 1 amide bonds. The normalized spacial score (nSPS) is 10.2. The summed E-state index contributed by atoms with van der Waals surface area (Å²) in [5.74, 6) is -0.843. The van der Waals surface area contributed by atoms with Gasteiger partial charge < -0.3 is 20.2 Å². The lowest BCUT2D eigenvalue weighted by molar-refractivity contribution is -0.121. The molecule has 0 atom stereocenters. The first kappa shape index (κ1) is 13.7. The molecule has 8 nitrogen and oxygen atoms in total. The monoisotopic (exact) mass is 278 g/mol. The minimum atomic E-state index is -1.10. The number of carbonyl (C=O) groups excluding carboxylic acids is 1. The van der Waals surface area contributed by atoms with E-state index in [2.05, 4.69) is 15.7 Å². The molecule has 3 N–H and O–H groups in total. The number of carboxylic acids is 1. The number of aromatic nitrogens is 2. The van der Waals surface area contributed by atoms with E-state index in [9.17, 15) is 9.59 Å². The average Bonchev–Trinajstić information content (AvgIpc) is 3.05. The van der Waals surface area contributed by atoms with Crippen LogP contribution in [0.5, 0.6) is 0 Å². The van der Waals surface area contributed by atoms with Crippen molar-refractivity contribution in [2.24, 2.45) is 0 Å². The number of hydrogen-bond acceptors (Lipinski definition) is 5. The third-order valence-electron chi connectivity index (χ3n) is 2.56. The van der Waals surface area contributed by atoms with Crippen LogP contribution in [0, 0.1) is 0 Å². The number of hydrogen-bond donors (Lipinski definition) is 3. The molecular formula is C12H14N4O4. The molecule has 0 bridgehead atoms. The Kier molecular flexibility index (Phi) is 4.04. The number of carboxylic acid groups (broad SMARTS) is 1. The van der Waals surface area contributed by atoms with Crippen molar-refractivity contribution in [1.29, 1.82) is 0 Å². The zero-order chi connectivity index (χ0) is 14.5. The van der Waals surface area contributed by atoms with Gasteiger partial charge in [-0.1, -0.05) is 0 Å². The van der Waals surface area contributed by atoms with Crippen LogP contribution in [-0.4, -0.2) is 33.8 Å². The van der Waals surface area contributed by atoms with E-state index >= 15 is 0 Å². The van der Waals surface area contributed by atoms with E-state index in [1.54, 1.807) is 25.5 Å². The van der Waals surface area contributed by atoms with Crippen molar-refractivity contribution in [3.05, 3.63) is 36.0 Å². The number of rotatable bonds is 6. The first-order chi connectivity index (χ1) is 9.58. The molecule has 20 heavy (non-hydrogen) atoms. The number of anilines is 1. The standard InChI is InChI=1S/C12H14N4O4/c1-13-11(17)7-16-6-8(4-15-16)14-5-9-2-3-10(20-9)12(18)19/h2-4,6,14H,5,7H2,1H3,(H,13,17)(H,18,19). The van der Waals surface area contributed by atoms with Crippen molar-refractivity contribution in [2.45, 2.75) is 13.1 Å². The van der Waals surface area contributed by atoms with Gasteiger partial charge in [-0.2, -0.15) is 5.10 Å². The number of carbonyl (C=O) groups is 2. The van der Waals surface area contributed by atoms with Crippen molar-refractivity contribution in [3.8, 4) is 0 Å². The van der Waals surface area contributed by atoms with Crippen LogP contribution in [-0.2, 0) is 17.9 Å². The van der Waals surface area contributed by atoms with E-state index in [4.69, 9.17) is 9.52 Å². The van der Waals surface area contributed by atoms with Crippen LogP contribution in [0.1, 0.15) is 16.3 Å². The summed E-state index contributed by atoms with van der Waals surface area (Å²) in [7, 11) is 1.56. The second-order valence-corrected chi connectivity index (χ2v) is 4.02. The van der Waals surface area contributed by atoms with Crippen LogP contribution in [0.2, 0.25) is 0 Å². The second-order valence-electron chi connectivity index (χ2n) is 4.02. The summed E-state index contributed by atoms with van der Waals surface area (Å²) in [4.78, 5) is 21.8. The topological polar surface area (TPSA) is 109 Å². The lowest BCUT2D eigenvalue weighted by Gasteiger charge is -2.00. The van der Waals surface area contributed by atoms with Gasteiger partial charge in [0.05, 0.1) is 18.4 Å². The molecule has 106 valence electrons. The highest BCUT2D eigenvalue weighted by Crippen LogP contribution is 2.11. The third kappa shape index (κ3) is 3.37. The highest BCUT2D eigenvalue weighted by molar-refractivity contribution is 5.84. The van der Waals surface area contributed by atoms with E-state index < -0.39 is 5.97 Å². The SMILES string of the molecule is CNC(=O)Cn1cc(NCc2ccc(C(=O)O)o2)cn1. The molecule has 2 rings (SSSR count). The Hall–Kier alpha value is -2.77. The third-order valence-corrected chi connectivity index (χ3v) is 2.56. The molecule has 2 heterocycles. The molecule has 0 spiro atoms. The molecule has 0 radical (unpaired) electrons. The number of amides is 1. The minimum absolute atomic E-state index is 0.0999. The van der Waals surface area contributed by atoms with Gasteiger partial charge in [0.25, 0.3) is 0 Å². The smallest absolute Gasteiger partial charge is 0.371 e. The van der Waals surface area contributed by atoms with Gasteiger partial charge in [-0.3, -0.25) is 9.48 Å². The Morgan fingerprint density at radius 1 is 1.45 bits per heavy atom. The number of nitrogens with one attached hydrogen (secondary N) is 2. The summed E-state index contributed by atoms with van der Waals surface area (Å²) < 4.78 is 6.59. The fourth-order valence-corrected chi connectivity index (χ4v) is 1.54. The molecule has 8 heteroatoms. The van der Waals surface area contributed by atoms with Crippen molar-refractivity contribution in [1.82, 2.24) is 15.1 Å². The largest absolute Gasteiger partial charge is 0.475 e. The highest BCUT2D eigenvalue weighted by Gasteiger charge is 2.09. The van der Waals surface area contributed by atoms with E-state index in [-0.39, 0.29) is 18.2 Å². The van der Waals surface area contributed by atoms with Crippen molar-refractivity contribution >= 4 is 17.6 Å². The van der Waals surface area contributed by atoms with Crippen LogP contribution in [0.25, 0.3) is 0 Å². The van der Waals surface area contributed by atoms with Crippen LogP contribution < -0.4 is 10.6 Å².